The molecule has 0 radical (unpaired) electrons. The Hall–Kier alpha value is -0.210. The largest absolute Gasteiger partial charge is 0.393 e. The molecule has 2 rings (SSSR count). The van der Waals surface area contributed by atoms with Crippen LogP contribution in [0.4, 0.5) is 0 Å². The van der Waals surface area contributed by atoms with Gasteiger partial charge in [0.15, 0.2) is 0 Å². The lowest BCUT2D eigenvalue weighted by Crippen LogP contribution is -2.45. The van der Waals surface area contributed by atoms with Gasteiger partial charge in [0.25, 0.3) is 0 Å². The van der Waals surface area contributed by atoms with Crippen molar-refractivity contribution in [3.8, 4) is 0 Å². The molecule has 0 bridgehead atoms. The Balaban J connectivity index is 1.98. The Morgan fingerprint density at radius 3 is 2.41 bits per heavy atom. The van der Waals surface area contributed by atoms with E-state index in [1.807, 2.05) is 0 Å². The van der Waals surface area contributed by atoms with Crippen molar-refractivity contribution in [3.63, 3.8) is 0 Å². The Labute approximate surface area is 168 Å². The van der Waals surface area contributed by atoms with E-state index < -0.39 is 31.8 Å². The molecule has 1 aromatic carbocycles. The monoisotopic (exact) mass is 441 g/mol. The van der Waals surface area contributed by atoms with Gasteiger partial charge in [-0.2, -0.15) is 5.48 Å². The number of halogens is 2. The Morgan fingerprint density at radius 1 is 1.22 bits per heavy atom. The van der Waals surface area contributed by atoms with Crippen molar-refractivity contribution in [3.05, 3.63) is 33.8 Å². The van der Waals surface area contributed by atoms with Gasteiger partial charge in [-0.15, -0.1) is 0 Å². The van der Waals surface area contributed by atoms with Crippen LogP contribution in [0.1, 0.15) is 25.3 Å². The van der Waals surface area contributed by atoms with Gasteiger partial charge >= 0.3 is 0 Å². The number of nitrogens with one attached hydrogen (secondary N) is 1. The van der Waals surface area contributed by atoms with E-state index >= 15 is 0 Å². The highest BCUT2D eigenvalue weighted by Crippen LogP contribution is 2.50. The number of hydrogen-bond acceptors (Lipinski definition) is 7. The van der Waals surface area contributed by atoms with Crippen LogP contribution in [-0.2, 0) is 15.7 Å². The smallest absolute Gasteiger partial charge is 0.223 e. The Kier molecular flexibility index (Phi) is 8.55. The van der Waals surface area contributed by atoms with E-state index in [-0.39, 0.29) is 37.6 Å². The molecule has 0 amide bonds. The van der Waals surface area contributed by atoms with Crippen molar-refractivity contribution in [2.75, 3.05) is 12.3 Å². The molecule has 154 valence electrons. The minimum absolute atomic E-state index is 0.0629. The van der Waals surface area contributed by atoms with Gasteiger partial charge in [0.1, 0.15) is 6.10 Å². The molecule has 0 spiro atoms. The quantitative estimate of drug-likeness (QED) is 0.309. The summed E-state index contributed by atoms with van der Waals surface area (Å²) in [6.07, 6.45) is -3.78. The maximum absolute atomic E-state index is 13.2. The van der Waals surface area contributed by atoms with Crippen LogP contribution >= 0.6 is 30.6 Å². The molecule has 0 heterocycles. The predicted molar refractivity (Wildman–Crippen MR) is 104 cm³/mol. The molecule has 1 aliphatic carbocycles. The highest BCUT2D eigenvalue weighted by molar-refractivity contribution is 7.59. The van der Waals surface area contributed by atoms with Crippen LogP contribution < -0.4 is 5.48 Å². The van der Waals surface area contributed by atoms with Gasteiger partial charge in [-0.1, -0.05) is 29.3 Å². The van der Waals surface area contributed by atoms with Crippen LogP contribution in [0.25, 0.3) is 0 Å². The molecule has 3 unspecified atom stereocenters. The third-order valence-electron chi connectivity index (χ3n) is 4.51. The summed E-state index contributed by atoms with van der Waals surface area (Å²) in [5.74, 6) is -0.297. The van der Waals surface area contributed by atoms with Gasteiger partial charge in [0.2, 0.25) is 7.37 Å². The summed E-state index contributed by atoms with van der Waals surface area (Å²) in [5, 5.41) is 39.8. The zero-order valence-electron chi connectivity index (χ0n) is 15.0. The Morgan fingerprint density at radius 2 is 1.85 bits per heavy atom. The SMILES string of the molecule is C[C@H](O)CP(=O)(CC1CC(O)C(O)C(O)C1)ONCc1ccc(Cl)c(Cl)c1. The first kappa shape index (κ1) is 23.1. The fraction of sp³-hybridized carbons (Fsp3) is 0.647. The van der Waals surface area contributed by atoms with Crippen molar-refractivity contribution in [2.24, 2.45) is 5.92 Å². The van der Waals surface area contributed by atoms with Crippen LogP contribution in [0.3, 0.4) is 0 Å². The molecule has 0 saturated heterocycles. The fourth-order valence-corrected chi connectivity index (χ4v) is 6.10. The molecule has 0 aromatic heterocycles. The second-order valence-electron chi connectivity index (χ2n) is 7.15. The lowest BCUT2D eigenvalue weighted by molar-refractivity contribution is -0.0973. The predicted octanol–water partition coefficient (Wildman–Crippen LogP) is 2.17. The molecule has 7 nitrogen and oxygen atoms in total. The molecule has 1 aromatic rings. The van der Waals surface area contributed by atoms with Gasteiger partial charge in [-0.3, -0.25) is 4.57 Å². The van der Waals surface area contributed by atoms with E-state index in [0.29, 0.717) is 10.0 Å². The second-order valence-corrected chi connectivity index (χ2v) is 10.5. The third kappa shape index (κ3) is 6.96. The summed E-state index contributed by atoms with van der Waals surface area (Å²) in [6.45, 7) is 1.75. The van der Waals surface area contributed by atoms with Gasteiger partial charge in [-0.05, 0) is 43.4 Å². The minimum Gasteiger partial charge on any atom is -0.393 e. The van der Waals surface area contributed by atoms with Gasteiger partial charge in [-0.25, -0.2) is 4.62 Å². The molecule has 27 heavy (non-hydrogen) atoms. The van der Waals surface area contributed by atoms with Crippen LogP contribution in [0.2, 0.25) is 10.0 Å². The summed E-state index contributed by atoms with van der Waals surface area (Å²) >= 11 is 11.8. The number of benzene rings is 1. The molecule has 1 saturated carbocycles. The van der Waals surface area contributed by atoms with Crippen molar-refractivity contribution >= 4 is 30.6 Å². The molecule has 1 fully saturated rings. The summed E-state index contributed by atoms with van der Waals surface area (Å²) in [5.41, 5.74) is 3.44. The second kappa shape index (κ2) is 10.0. The minimum atomic E-state index is -3.30. The van der Waals surface area contributed by atoms with Gasteiger partial charge < -0.3 is 20.4 Å². The van der Waals surface area contributed by atoms with Crippen LogP contribution in [-0.4, -0.2) is 57.2 Å². The van der Waals surface area contributed by atoms with Crippen molar-refractivity contribution < 1.29 is 29.6 Å². The number of hydrogen-bond donors (Lipinski definition) is 5. The van der Waals surface area contributed by atoms with E-state index in [0.717, 1.165) is 5.56 Å². The van der Waals surface area contributed by atoms with E-state index in [2.05, 4.69) is 5.48 Å². The first-order valence-corrected chi connectivity index (χ1v) is 11.5. The number of aliphatic hydroxyl groups excluding tert-OH is 4. The van der Waals surface area contributed by atoms with Crippen LogP contribution in [0.5, 0.6) is 0 Å². The molecule has 5 N–H and O–H groups in total. The fourth-order valence-electron chi connectivity index (χ4n) is 3.29. The summed E-state index contributed by atoms with van der Waals surface area (Å²) in [6, 6.07) is 5.06. The lowest BCUT2D eigenvalue weighted by Gasteiger charge is -2.35. The normalized spacial score (nSPS) is 29.3. The molecule has 10 heteroatoms. The lowest BCUT2D eigenvalue weighted by atomic mass is 9.84. The molecular weight excluding hydrogens is 416 g/mol. The van der Waals surface area contributed by atoms with Crippen molar-refractivity contribution in [1.29, 1.82) is 0 Å². The number of rotatable bonds is 8. The number of hydroxylamine groups is 1. The summed E-state index contributed by atoms with van der Waals surface area (Å²) in [4.78, 5) is 0. The average molecular weight is 442 g/mol. The van der Waals surface area contributed by atoms with E-state index in [4.69, 9.17) is 27.8 Å². The standard InChI is InChI=1S/C17H26Cl2NO6P/c1-10(21)8-27(25,9-12-5-15(22)17(24)16(23)6-12)26-20-7-11-2-3-13(18)14(19)4-11/h2-4,10,12,15-17,20-24H,5-9H2,1H3/t10-,12?,15?,16?,17?,27?/m0/s1. The third-order valence-corrected chi connectivity index (χ3v) is 7.87. The zero-order valence-corrected chi connectivity index (χ0v) is 17.4. The number of aliphatic hydroxyl groups is 4. The van der Waals surface area contributed by atoms with Crippen LogP contribution in [0.15, 0.2) is 18.2 Å². The summed E-state index contributed by atoms with van der Waals surface area (Å²) in [7, 11) is -3.30. The molecule has 4 atom stereocenters. The van der Waals surface area contributed by atoms with E-state index in [1.54, 1.807) is 18.2 Å². The first-order valence-electron chi connectivity index (χ1n) is 8.75. The average Bonchev–Trinajstić information content (AvgIpc) is 2.55. The van der Waals surface area contributed by atoms with E-state index in [9.17, 15) is 25.0 Å². The topological polar surface area (TPSA) is 119 Å². The van der Waals surface area contributed by atoms with Crippen molar-refractivity contribution in [1.82, 2.24) is 5.48 Å². The molecule has 1 aliphatic rings. The Bertz CT molecular complexity index is 665. The van der Waals surface area contributed by atoms with Crippen LogP contribution in [0, 0.1) is 5.92 Å². The van der Waals surface area contributed by atoms with E-state index in [1.165, 1.54) is 6.92 Å². The maximum Gasteiger partial charge on any atom is 0.223 e. The van der Waals surface area contributed by atoms with Gasteiger partial charge in [0.05, 0.1) is 34.5 Å². The maximum atomic E-state index is 13.2. The molecular formula is C17H26Cl2NO6P. The highest BCUT2D eigenvalue weighted by atomic mass is 35.5. The summed E-state index contributed by atoms with van der Waals surface area (Å²) < 4.78 is 18.6. The van der Waals surface area contributed by atoms with Crippen molar-refractivity contribution in [2.45, 2.75) is 50.7 Å². The van der Waals surface area contributed by atoms with Gasteiger partial charge in [0, 0.05) is 12.7 Å². The molecule has 0 aliphatic heterocycles. The first-order chi connectivity index (χ1) is 12.6. The zero-order chi connectivity index (χ0) is 20.2. The highest BCUT2D eigenvalue weighted by Gasteiger charge is 2.39.